The van der Waals surface area contributed by atoms with E-state index in [-0.39, 0.29) is 0 Å². The zero-order valence-electron chi connectivity index (χ0n) is 37.0. The smallest absolute Gasteiger partial charge is 0.0515 e. The maximum Gasteiger partial charge on any atom is 0.0515 e. The van der Waals surface area contributed by atoms with E-state index in [1.54, 1.807) is 0 Å². The molecule has 66 heavy (non-hydrogen) atoms. The molecule has 0 unspecified atom stereocenters. The molecule has 12 rings (SSSR count). The zero-order chi connectivity index (χ0) is 43.8. The van der Waals surface area contributed by atoms with Crippen molar-refractivity contribution in [2.45, 2.75) is 38.1 Å². The molecule has 0 saturated heterocycles. The van der Waals surface area contributed by atoms with Crippen LogP contribution >= 0.6 is 0 Å². The van der Waals surface area contributed by atoms with Crippen LogP contribution in [0.2, 0.25) is 0 Å². The number of nitrogens with zero attached hydrogens (tertiary/aromatic N) is 2. The summed E-state index contributed by atoms with van der Waals surface area (Å²) in [7, 11) is 0. The minimum absolute atomic E-state index is 0.478. The summed E-state index contributed by atoms with van der Waals surface area (Å²) in [6.07, 6.45) is 10.9. The van der Waals surface area contributed by atoms with Crippen molar-refractivity contribution in [3.05, 3.63) is 236 Å². The van der Waals surface area contributed by atoms with E-state index >= 15 is 0 Å². The monoisotopic (exact) mass is 846 g/mol. The summed E-state index contributed by atoms with van der Waals surface area (Å²) in [5, 5.41) is 7.61. The second-order valence-corrected chi connectivity index (χ2v) is 18.0. The minimum Gasteiger partial charge on any atom is -0.337 e. The molecule has 1 heterocycles. The summed E-state index contributed by atoms with van der Waals surface area (Å²) in [5.41, 5.74) is 15.9. The van der Waals surface area contributed by atoms with Crippen molar-refractivity contribution in [2.24, 2.45) is 0 Å². The fourth-order valence-electron chi connectivity index (χ4n) is 10.5. The normalized spacial score (nSPS) is 13.3. The third-order valence-corrected chi connectivity index (χ3v) is 13.9. The summed E-state index contributed by atoms with van der Waals surface area (Å²) in [6.45, 7) is 0. The maximum absolute atomic E-state index is 2.69. The molecule has 0 radical (unpaired) electrons. The van der Waals surface area contributed by atoms with Gasteiger partial charge in [0.25, 0.3) is 0 Å². The number of hydrogen-bond acceptors (Lipinski definition) is 1. The molecule has 0 N–H and O–H groups in total. The van der Waals surface area contributed by atoms with Crippen LogP contribution in [-0.4, -0.2) is 4.57 Å². The van der Waals surface area contributed by atoms with E-state index in [9.17, 15) is 0 Å². The highest BCUT2D eigenvalue weighted by Crippen LogP contribution is 2.43. The van der Waals surface area contributed by atoms with Crippen LogP contribution in [0.15, 0.2) is 224 Å². The molecule has 1 fully saturated rings. The Morgan fingerprint density at radius 2 is 0.833 bits per heavy atom. The lowest BCUT2D eigenvalue weighted by atomic mass is 9.90. The lowest BCUT2D eigenvalue weighted by molar-refractivity contribution is 0.367. The molecule has 0 spiro atoms. The van der Waals surface area contributed by atoms with Crippen LogP contribution in [0, 0.1) is 0 Å². The van der Waals surface area contributed by atoms with Gasteiger partial charge in [-0.3, -0.25) is 0 Å². The van der Waals surface area contributed by atoms with Crippen molar-refractivity contribution < 1.29 is 0 Å². The second kappa shape index (κ2) is 17.2. The Kier molecular flexibility index (Phi) is 10.3. The number of benzene rings is 10. The Labute approximate surface area is 387 Å². The van der Waals surface area contributed by atoms with Crippen LogP contribution < -0.4 is 4.90 Å². The van der Waals surface area contributed by atoms with Gasteiger partial charge in [0.05, 0.1) is 5.52 Å². The van der Waals surface area contributed by atoms with E-state index in [4.69, 9.17) is 0 Å². The number of para-hydroxylation sites is 2. The van der Waals surface area contributed by atoms with Crippen LogP contribution in [0.5, 0.6) is 0 Å². The van der Waals surface area contributed by atoms with Crippen molar-refractivity contribution in [1.82, 2.24) is 4.57 Å². The van der Waals surface area contributed by atoms with E-state index in [2.05, 4.69) is 246 Å². The van der Waals surface area contributed by atoms with Crippen LogP contribution in [0.25, 0.3) is 88.9 Å². The van der Waals surface area contributed by atoms with Gasteiger partial charge in [0, 0.05) is 39.4 Å². The van der Waals surface area contributed by atoms with E-state index in [1.807, 2.05) is 0 Å². The Bertz CT molecular complexity index is 3500. The van der Waals surface area contributed by atoms with Gasteiger partial charge in [-0.15, -0.1) is 0 Å². The van der Waals surface area contributed by atoms with Crippen molar-refractivity contribution in [3.8, 4) is 33.4 Å². The average Bonchev–Trinajstić information content (AvgIpc) is 3.71. The molecule has 1 aromatic heterocycles. The lowest BCUT2D eigenvalue weighted by Crippen LogP contribution is -2.13. The first-order chi connectivity index (χ1) is 32.7. The third-order valence-electron chi connectivity index (χ3n) is 13.9. The summed E-state index contributed by atoms with van der Waals surface area (Å²) in [6, 6.07) is 83.0. The average molecular weight is 847 g/mol. The van der Waals surface area contributed by atoms with Gasteiger partial charge < -0.3 is 9.47 Å². The molecule has 1 saturated carbocycles. The molecule has 0 amide bonds. The highest BCUT2D eigenvalue weighted by atomic mass is 15.1. The Balaban J connectivity index is 0.881. The summed E-state index contributed by atoms with van der Waals surface area (Å²) in [4.78, 5) is 2.38. The summed E-state index contributed by atoms with van der Waals surface area (Å²) in [5.74, 6) is 0. The van der Waals surface area contributed by atoms with Crippen LogP contribution in [-0.2, 0) is 0 Å². The van der Waals surface area contributed by atoms with Crippen molar-refractivity contribution in [3.63, 3.8) is 0 Å². The molecular weight excluding hydrogens is 797 g/mol. The lowest BCUT2D eigenvalue weighted by Gasteiger charge is -2.27. The number of fused-ring (bicyclic) bond motifs is 5. The van der Waals surface area contributed by atoms with Gasteiger partial charge in [0.15, 0.2) is 0 Å². The van der Waals surface area contributed by atoms with Crippen molar-refractivity contribution in [1.29, 1.82) is 0 Å². The molecule has 316 valence electrons. The topological polar surface area (TPSA) is 8.17 Å². The first-order valence-corrected chi connectivity index (χ1v) is 23.6. The van der Waals surface area contributed by atoms with E-state index in [1.165, 1.54) is 126 Å². The quantitative estimate of drug-likeness (QED) is 0.131. The summed E-state index contributed by atoms with van der Waals surface area (Å²) < 4.78 is 2.69. The Morgan fingerprint density at radius 1 is 0.348 bits per heavy atom. The van der Waals surface area contributed by atoms with Gasteiger partial charge in [0.2, 0.25) is 0 Å². The van der Waals surface area contributed by atoms with E-state index < -0.39 is 0 Å². The van der Waals surface area contributed by atoms with Gasteiger partial charge in [0.1, 0.15) is 0 Å². The van der Waals surface area contributed by atoms with Gasteiger partial charge in [-0.2, -0.15) is 0 Å². The first-order valence-electron chi connectivity index (χ1n) is 23.6. The van der Waals surface area contributed by atoms with Gasteiger partial charge >= 0.3 is 0 Å². The largest absolute Gasteiger partial charge is 0.337 e. The van der Waals surface area contributed by atoms with Crippen molar-refractivity contribution >= 4 is 72.6 Å². The molecule has 1 aliphatic carbocycles. The molecule has 2 heteroatoms. The van der Waals surface area contributed by atoms with Gasteiger partial charge in [-0.1, -0.05) is 189 Å². The predicted molar refractivity (Wildman–Crippen MR) is 283 cm³/mol. The molecule has 11 aromatic rings. The fourth-order valence-corrected chi connectivity index (χ4v) is 10.5. The predicted octanol–water partition coefficient (Wildman–Crippen LogP) is 18.2. The van der Waals surface area contributed by atoms with Crippen molar-refractivity contribution in [2.75, 3.05) is 4.90 Å². The number of anilines is 3. The molecular formula is C64H50N2. The molecule has 1 aliphatic rings. The maximum atomic E-state index is 2.69. The Hall–Kier alpha value is -7.94. The standard InChI is InChI=1S/C64H50N2/c1-5-15-47(16-6-1)48-30-32-49(33-31-48)61-42-50-17-13-14-18-51(50)43-62(61)54-35-34-52-39-45(27-29-53(52)41-54)25-26-46-28-37-59-60-38-36-58(44-64(60)66(63(59)40-46)57-23-11-4-12-24-57)65(55-19-7-2-8-20-55)56-21-9-3-10-22-56/h1-3,5-10,13-22,25-44,57H,4,11-12,23-24H2/b26-25+. The van der Waals surface area contributed by atoms with Crippen LogP contribution in [0.1, 0.15) is 49.3 Å². The Morgan fingerprint density at radius 3 is 1.52 bits per heavy atom. The number of aromatic nitrogens is 1. The highest BCUT2D eigenvalue weighted by molar-refractivity contribution is 6.10. The van der Waals surface area contributed by atoms with Gasteiger partial charge in [-0.05, 0) is 146 Å². The fraction of sp³-hybridized carbons (Fsp3) is 0.0938. The molecule has 0 atom stereocenters. The number of rotatable bonds is 9. The van der Waals surface area contributed by atoms with Crippen LogP contribution in [0.4, 0.5) is 17.1 Å². The molecule has 0 aliphatic heterocycles. The van der Waals surface area contributed by atoms with E-state index in [0.29, 0.717) is 6.04 Å². The SMILES string of the molecule is C(=C\c1ccc2c3ccc(N(c4ccccc4)c4ccccc4)cc3n(C3CCCCC3)c2c1)/c1ccc2cc(-c3cc4ccccc4cc3-c3ccc(-c4ccccc4)cc3)ccc2c1. The van der Waals surface area contributed by atoms with E-state index in [0.717, 1.165) is 11.4 Å². The van der Waals surface area contributed by atoms with Gasteiger partial charge in [-0.25, -0.2) is 0 Å². The molecule has 2 nitrogen and oxygen atoms in total. The molecule has 0 bridgehead atoms. The van der Waals surface area contributed by atoms with Crippen LogP contribution in [0.3, 0.4) is 0 Å². The summed E-state index contributed by atoms with van der Waals surface area (Å²) >= 11 is 0. The second-order valence-electron chi connectivity index (χ2n) is 18.0. The zero-order valence-corrected chi connectivity index (χ0v) is 37.0. The third kappa shape index (κ3) is 7.55. The number of hydrogen-bond donors (Lipinski definition) is 0. The first kappa shape index (κ1) is 39.6. The minimum atomic E-state index is 0.478. The highest BCUT2D eigenvalue weighted by Gasteiger charge is 2.23. The molecule has 10 aromatic carbocycles.